The van der Waals surface area contributed by atoms with Crippen LogP contribution in [-0.2, 0) is 11.2 Å². The number of halogens is 1. The Kier molecular flexibility index (Phi) is 3.31. The van der Waals surface area contributed by atoms with Gasteiger partial charge in [0.25, 0.3) is 0 Å². The van der Waals surface area contributed by atoms with Crippen molar-refractivity contribution in [3.8, 4) is 5.75 Å². The van der Waals surface area contributed by atoms with Crippen LogP contribution in [-0.4, -0.2) is 16.2 Å². The lowest BCUT2D eigenvalue weighted by Gasteiger charge is -2.02. The van der Waals surface area contributed by atoms with E-state index in [1.165, 1.54) is 0 Å². The number of hydrogen-bond acceptors (Lipinski definition) is 2. The van der Waals surface area contributed by atoms with Crippen molar-refractivity contribution in [3.05, 3.63) is 28.2 Å². The molecule has 70 valence electrons. The fraction of sp³-hybridized carbons (Fsp3) is 0.222. The van der Waals surface area contributed by atoms with Crippen molar-refractivity contribution in [2.24, 2.45) is 0 Å². The first-order valence-corrected chi connectivity index (χ1v) is 4.58. The maximum absolute atomic E-state index is 10.3. The van der Waals surface area contributed by atoms with Gasteiger partial charge in [-0.25, -0.2) is 0 Å². The number of carboxylic acid groups (broad SMARTS) is 1. The summed E-state index contributed by atoms with van der Waals surface area (Å²) in [5.41, 5.74) is 0.658. The molecule has 0 unspecified atom stereocenters. The lowest BCUT2D eigenvalue weighted by molar-refractivity contribution is -0.136. The molecule has 0 atom stereocenters. The maximum atomic E-state index is 10.3. The minimum atomic E-state index is -0.859. The van der Waals surface area contributed by atoms with Gasteiger partial charge < -0.3 is 10.2 Å². The average Bonchev–Trinajstić information content (AvgIpc) is 2.02. The van der Waals surface area contributed by atoms with Gasteiger partial charge in [0.15, 0.2) is 0 Å². The normalized spacial score (nSPS) is 9.92. The summed E-state index contributed by atoms with van der Waals surface area (Å²) in [7, 11) is 0. The number of rotatable bonds is 3. The summed E-state index contributed by atoms with van der Waals surface area (Å²) in [5.74, 6) is -0.724. The molecule has 0 spiro atoms. The van der Waals surface area contributed by atoms with Gasteiger partial charge in [0, 0.05) is 10.9 Å². The SMILES string of the molecule is O=C(O)CCc1ccc(Br)cc1O. The van der Waals surface area contributed by atoms with Gasteiger partial charge in [-0.15, -0.1) is 0 Å². The van der Waals surface area contributed by atoms with Gasteiger partial charge in [-0.2, -0.15) is 0 Å². The van der Waals surface area contributed by atoms with E-state index in [-0.39, 0.29) is 12.2 Å². The predicted molar refractivity (Wildman–Crippen MR) is 51.8 cm³/mol. The fourth-order valence-corrected chi connectivity index (χ4v) is 1.34. The van der Waals surface area contributed by atoms with Crippen LogP contribution < -0.4 is 0 Å². The monoisotopic (exact) mass is 244 g/mol. The van der Waals surface area contributed by atoms with Crippen molar-refractivity contribution in [2.45, 2.75) is 12.8 Å². The third-order valence-corrected chi connectivity index (χ3v) is 2.15. The molecule has 0 aliphatic heterocycles. The Morgan fingerprint density at radius 2 is 2.15 bits per heavy atom. The van der Waals surface area contributed by atoms with Crippen molar-refractivity contribution in [3.63, 3.8) is 0 Å². The van der Waals surface area contributed by atoms with Crippen molar-refractivity contribution in [1.82, 2.24) is 0 Å². The molecule has 0 saturated carbocycles. The molecule has 1 rings (SSSR count). The molecule has 0 saturated heterocycles. The Hall–Kier alpha value is -1.03. The van der Waals surface area contributed by atoms with E-state index in [0.717, 1.165) is 4.47 Å². The summed E-state index contributed by atoms with van der Waals surface area (Å²) in [6.45, 7) is 0. The first-order valence-electron chi connectivity index (χ1n) is 3.79. The Bertz CT molecular complexity index is 323. The molecule has 0 bridgehead atoms. The topological polar surface area (TPSA) is 57.5 Å². The molecular formula is C9H9BrO3. The molecule has 0 radical (unpaired) electrons. The fourth-order valence-electron chi connectivity index (χ4n) is 0.990. The third-order valence-electron chi connectivity index (χ3n) is 1.66. The third kappa shape index (κ3) is 3.06. The minimum Gasteiger partial charge on any atom is -0.508 e. The van der Waals surface area contributed by atoms with Gasteiger partial charge in [0.1, 0.15) is 5.75 Å². The molecule has 0 fully saturated rings. The zero-order valence-electron chi connectivity index (χ0n) is 6.83. The van der Waals surface area contributed by atoms with Crippen LogP contribution in [0.4, 0.5) is 0 Å². The molecule has 13 heavy (non-hydrogen) atoms. The second-order valence-corrected chi connectivity index (χ2v) is 3.58. The van der Waals surface area contributed by atoms with Gasteiger partial charge in [-0.05, 0) is 24.1 Å². The van der Waals surface area contributed by atoms with Crippen LogP contribution in [0.15, 0.2) is 22.7 Å². The zero-order valence-corrected chi connectivity index (χ0v) is 8.41. The number of hydrogen-bond donors (Lipinski definition) is 2. The number of benzene rings is 1. The van der Waals surface area contributed by atoms with Crippen LogP contribution in [0.3, 0.4) is 0 Å². The first kappa shape index (κ1) is 10.1. The van der Waals surface area contributed by atoms with Crippen molar-refractivity contribution in [1.29, 1.82) is 0 Å². The lowest BCUT2D eigenvalue weighted by Crippen LogP contribution is -1.97. The number of aliphatic carboxylic acids is 1. The van der Waals surface area contributed by atoms with Crippen LogP contribution in [0.2, 0.25) is 0 Å². The quantitative estimate of drug-likeness (QED) is 0.857. The Morgan fingerprint density at radius 1 is 1.46 bits per heavy atom. The first-order chi connectivity index (χ1) is 6.09. The molecule has 0 aliphatic carbocycles. The molecule has 4 heteroatoms. The highest BCUT2D eigenvalue weighted by Gasteiger charge is 2.04. The summed E-state index contributed by atoms with van der Waals surface area (Å²) in [4.78, 5) is 10.3. The molecule has 3 nitrogen and oxygen atoms in total. The molecule has 0 aliphatic rings. The van der Waals surface area contributed by atoms with E-state index < -0.39 is 5.97 Å². The second kappa shape index (κ2) is 4.28. The molecule has 0 aromatic heterocycles. The lowest BCUT2D eigenvalue weighted by atomic mass is 10.1. The number of carboxylic acids is 1. The van der Waals surface area contributed by atoms with E-state index in [2.05, 4.69) is 15.9 Å². The van der Waals surface area contributed by atoms with Crippen molar-refractivity contribution >= 4 is 21.9 Å². The molecule has 0 amide bonds. The van der Waals surface area contributed by atoms with Crippen LogP contribution in [0.5, 0.6) is 5.75 Å². The van der Waals surface area contributed by atoms with Gasteiger partial charge in [0.2, 0.25) is 0 Å². The van der Waals surface area contributed by atoms with E-state index in [4.69, 9.17) is 5.11 Å². The number of aromatic hydroxyl groups is 1. The highest BCUT2D eigenvalue weighted by atomic mass is 79.9. The van der Waals surface area contributed by atoms with Crippen LogP contribution in [0.1, 0.15) is 12.0 Å². The summed E-state index contributed by atoms with van der Waals surface area (Å²) >= 11 is 3.20. The van der Waals surface area contributed by atoms with Gasteiger partial charge >= 0.3 is 5.97 Å². The summed E-state index contributed by atoms with van der Waals surface area (Å²) in [6.07, 6.45) is 0.392. The highest BCUT2D eigenvalue weighted by Crippen LogP contribution is 2.23. The summed E-state index contributed by atoms with van der Waals surface area (Å²) in [6, 6.07) is 5.04. The maximum Gasteiger partial charge on any atom is 0.303 e. The molecule has 2 N–H and O–H groups in total. The van der Waals surface area contributed by atoms with Crippen molar-refractivity contribution in [2.75, 3.05) is 0 Å². The minimum absolute atomic E-state index is 0.0369. The Labute approximate surface area is 84.1 Å². The van der Waals surface area contributed by atoms with Crippen molar-refractivity contribution < 1.29 is 15.0 Å². The van der Waals surface area contributed by atoms with E-state index in [1.807, 2.05) is 0 Å². The number of phenolic OH excluding ortho intramolecular Hbond substituents is 1. The summed E-state index contributed by atoms with van der Waals surface area (Å²) in [5, 5.41) is 17.8. The Balaban J connectivity index is 2.72. The average molecular weight is 245 g/mol. The summed E-state index contributed by atoms with van der Waals surface area (Å²) < 4.78 is 0.782. The molecular weight excluding hydrogens is 236 g/mol. The second-order valence-electron chi connectivity index (χ2n) is 2.67. The number of phenols is 1. The van der Waals surface area contributed by atoms with E-state index >= 15 is 0 Å². The predicted octanol–water partition coefficient (Wildman–Crippen LogP) is 2.17. The standard InChI is InChI=1S/C9H9BrO3/c10-7-3-1-6(8(11)5-7)2-4-9(12)13/h1,3,5,11H,2,4H2,(H,12,13). The molecule has 1 aromatic carbocycles. The Morgan fingerprint density at radius 3 is 2.69 bits per heavy atom. The van der Waals surface area contributed by atoms with Crippen LogP contribution in [0, 0.1) is 0 Å². The van der Waals surface area contributed by atoms with Gasteiger partial charge in [-0.1, -0.05) is 22.0 Å². The van der Waals surface area contributed by atoms with E-state index in [9.17, 15) is 9.90 Å². The zero-order chi connectivity index (χ0) is 9.84. The van der Waals surface area contributed by atoms with E-state index in [0.29, 0.717) is 12.0 Å². The largest absolute Gasteiger partial charge is 0.508 e. The van der Waals surface area contributed by atoms with Crippen LogP contribution in [0.25, 0.3) is 0 Å². The molecule has 0 heterocycles. The number of aryl methyl sites for hydroxylation is 1. The van der Waals surface area contributed by atoms with Gasteiger partial charge in [-0.3, -0.25) is 4.79 Å². The van der Waals surface area contributed by atoms with Gasteiger partial charge in [0.05, 0.1) is 0 Å². The van der Waals surface area contributed by atoms with Crippen LogP contribution >= 0.6 is 15.9 Å². The highest BCUT2D eigenvalue weighted by molar-refractivity contribution is 9.10. The van der Waals surface area contributed by atoms with E-state index in [1.54, 1.807) is 18.2 Å². The molecule has 1 aromatic rings. The smallest absolute Gasteiger partial charge is 0.303 e. The number of carbonyl (C=O) groups is 1.